The zero-order valence-corrected chi connectivity index (χ0v) is 10.0. The van der Waals surface area contributed by atoms with Crippen LogP contribution in [0.3, 0.4) is 0 Å². The normalized spacial score (nSPS) is 21.6. The Balaban J connectivity index is 2.31. The van der Waals surface area contributed by atoms with Crippen LogP contribution in [0.4, 0.5) is 0 Å². The van der Waals surface area contributed by atoms with E-state index in [2.05, 4.69) is 5.32 Å². The van der Waals surface area contributed by atoms with Gasteiger partial charge in [-0.3, -0.25) is 4.79 Å². The number of rotatable bonds is 6. The Morgan fingerprint density at radius 1 is 1.38 bits per heavy atom. The molecule has 0 amide bonds. The van der Waals surface area contributed by atoms with Gasteiger partial charge in [0.1, 0.15) is 0 Å². The van der Waals surface area contributed by atoms with Crippen molar-refractivity contribution in [2.75, 3.05) is 19.7 Å². The lowest BCUT2D eigenvalue weighted by Crippen LogP contribution is -2.41. The van der Waals surface area contributed by atoms with Gasteiger partial charge in [0.05, 0.1) is 5.92 Å². The van der Waals surface area contributed by atoms with Crippen molar-refractivity contribution < 1.29 is 15.0 Å². The molecular weight excluding hydrogens is 206 g/mol. The van der Waals surface area contributed by atoms with E-state index in [1.807, 2.05) is 0 Å². The van der Waals surface area contributed by atoms with Crippen LogP contribution in [0, 0.1) is 11.3 Å². The summed E-state index contributed by atoms with van der Waals surface area (Å²) in [5.74, 6) is -1.13. The topological polar surface area (TPSA) is 69.6 Å². The van der Waals surface area contributed by atoms with Gasteiger partial charge in [0.2, 0.25) is 0 Å². The number of carboxylic acid groups (broad SMARTS) is 1. The Morgan fingerprint density at radius 2 is 2.00 bits per heavy atom. The number of carbonyl (C=O) groups is 1. The maximum Gasteiger partial charge on any atom is 0.307 e. The van der Waals surface area contributed by atoms with Crippen LogP contribution in [0.5, 0.6) is 0 Å². The second-order valence-electron chi connectivity index (χ2n) is 5.09. The second-order valence-corrected chi connectivity index (χ2v) is 5.09. The number of hydrogen-bond acceptors (Lipinski definition) is 3. The molecular formula is C12H23NO3. The van der Waals surface area contributed by atoms with Gasteiger partial charge < -0.3 is 15.5 Å². The van der Waals surface area contributed by atoms with Crippen LogP contribution >= 0.6 is 0 Å². The smallest absolute Gasteiger partial charge is 0.307 e. The molecule has 0 bridgehead atoms. The van der Waals surface area contributed by atoms with Crippen molar-refractivity contribution in [3.63, 3.8) is 0 Å². The summed E-state index contributed by atoms with van der Waals surface area (Å²) in [5, 5.41) is 21.4. The Kier molecular flexibility index (Phi) is 5.22. The molecule has 4 nitrogen and oxygen atoms in total. The van der Waals surface area contributed by atoms with Gasteiger partial charge in [-0.2, -0.15) is 0 Å². The summed E-state index contributed by atoms with van der Waals surface area (Å²) in [5.41, 5.74) is -0.00350. The van der Waals surface area contributed by atoms with Crippen molar-refractivity contribution in [1.82, 2.24) is 5.32 Å². The molecule has 16 heavy (non-hydrogen) atoms. The fourth-order valence-electron chi connectivity index (χ4n) is 2.33. The van der Waals surface area contributed by atoms with Gasteiger partial charge in [-0.15, -0.1) is 0 Å². The first kappa shape index (κ1) is 13.5. The molecule has 0 aromatic carbocycles. The average molecular weight is 229 g/mol. The van der Waals surface area contributed by atoms with E-state index in [-0.39, 0.29) is 17.9 Å². The molecule has 3 N–H and O–H groups in total. The summed E-state index contributed by atoms with van der Waals surface area (Å²) in [6.45, 7) is 3.13. The van der Waals surface area contributed by atoms with Gasteiger partial charge in [-0.1, -0.05) is 26.2 Å². The number of aliphatic carboxylic acids is 1. The maximum absolute atomic E-state index is 10.6. The maximum atomic E-state index is 10.6. The minimum absolute atomic E-state index is 0.00350. The molecule has 1 atom stereocenters. The van der Waals surface area contributed by atoms with Crippen molar-refractivity contribution in [2.45, 2.75) is 39.0 Å². The van der Waals surface area contributed by atoms with Gasteiger partial charge in [0.25, 0.3) is 0 Å². The average Bonchev–Trinajstić information content (AvgIpc) is 2.30. The van der Waals surface area contributed by atoms with E-state index in [9.17, 15) is 9.90 Å². The highest BCUT2D eigenvalue weighted by Crippen LogP contribution is 2.35. The Morgan fingerprint density at radius 3 is 2.50 bits per heavy atom. The zero-order chi connectivity index (χ0) is 12.0. The molecule has 0 aliphatic heterocycles. The highest BCUT2D eigenvalue weighted by Gasteiger charge is 2.31. The van der Waals surface area contributed by atoms with E-state index < -0.39 is 5.97 Å². The molecule has 0 saturated heterocycles. The van der Waals surface area contributed by atoms with E-state index in [0.29, 0.717) is 6.54 Å². The second kappa shape index (κ2) is 6.21. The highest BCUT2D eigenvalue weighted by molar-refractivity contribution is 5.69. The number of nitrogens with one attached hydrogen (secondary N) is 1. The van der Waals surface area contributed by atoms with Gasteiger partial charge in [0.15, 0.2) is 0 Å². The van der Waals surface area contributed by atoms with E-state index in [0.717, 1.165) is 19.4 Å². The standard InChI is InChI=1S/C12H23NO3/c1-10(11(15)16)7-13-8-12(9-14)5-3-2-4-6-12/h10,13-14H,2-9H2,1H3,(H,15,16). The minimum atomic E-state index is -0.769. The van der Waals surface area contributed by atoms with E-state index in [1.54, 1.807) is 6.92 Å². The van der Waals surface area contributed by atoms with E-state index in [1.165, 1.54) is 19.3 Å². The van der Waals surface area contributed by atoms with Crippen molar-refractivity contribution in [2.24, 2.45) is 11.3 Å². The van der Waals surface area contributed by atoms with Crippen LogP contribution in [0.25, 0.3) is 0 Å². The van der Waals surface area contributed by atoms with Crippen molar-refractivity contribution in [1.29, 1.82) is 0 Å². The van der Waals surface area contributed by atoms with Crippen LogP contribution in [-0.4, -0.2) is 35.9 Å². The molecule has 1 unspecified atom stereocenters. The lowest BCUT2D eigenvalue weighted by atomic mass is 9.74. The van der Waals surface area contributed by atoms with Crippen LogP contribution in [-0.2, 0) is 4.79 Å². The molecule has 0 spiro atoms. The van der Waals surface area contributed by atoms with Gasteiger partial charge in [0, 0.05) is 25.1 Å². The molecule has 1 rings (SSSR count). The summed E-state index contributed by atoms with van der Waals surface area (Å²) in [7, 11) is 0. The zero-order valence-electron chi connectivity index (χ0n) is 10.0. The molecule has 1 aliphatic carbocycles. The summed E-state index contributed by atoms with van der Waals surface area (Å²) < 4.78 is 0. The molecule has 1 saturated carbocycles. The van der Waals surface area contributed by atoms with Crippen molar-refractivity contribution >= 4 is 5.97 Å². The largest absolute Gasteiger partial charge is 0.481 e. The SMILES string of the molecule is CC(CNCC1(CO)CCCCC1)C(=O)O. The monoisotopic (exact) mass is 229 g/mol. The number of aliphatic hydroxyl groups excluding tert-OH is 1. The van der Waals surface area contributed by atoms with Crippen LogP contribution in [0.1, 0.15) is 39.0 Å². The molecule has 1 aliphatic rings. The lowest BCUT2D eigenvalue weighted by Gasteiger charge is -2.36. The van der Waals surface area contributed by atoms with Crippen LogP contribution in [0.15, 0.2) is 0 Å². The molecule has 0 aromatic rings. The predicted molar refractivity (Wildman–Crippen MR) is 62.3 cm³/mol. The Labute approximate surface area is 97.0 Å². The van der Waals surface area contributed by atoms with Crippen LogP contribution in [0.2, 0.25) is 0 Å². The predicted octanol–water partition coefficient (Wildman–Crippen LogP) is 1.24. The molecule has 0 radical (unpaired) electrons. The Hall–Kier alpha value is -0.610. The third-order valence-electron chi connectivity index (χ3n) is 3.62. The van der Waals surface area contributed by atoms with Gasteiger partial charge in [-0.25, -0.2) is 0 Å². The third kappa shape index (κ3) is 3.76. The molecule has 0 aromatic heterocycles. The first-order valence-electron chi connectivity index (χ1n) is 6.14. The number of hydrogen-bond donors (Lipinski definition) is 3. The first-order chi connectivity index (χ1) is 7.59. The first-order valence-corrected chi connectivity index (χ1v) is 6.14. The summed E-state index contributed by atoms with van der Waals surface area (Å²) in [6, 6.07) is 0. The summed E-state index contributed by atoms with van der Waals surface area (Å²) in [6.07, 6.45) is 5.72. The molecule has 0 heterocycles. The third-order valence-corrected chi connectivity index (χ3v) is 3.62. The molecule has 4 heteroatoms. The van der Waals surface area contributed by atoms with Crippen molar-refractivity contribution in [3.05, 3.63) is 0 Å². The summed E-state index contributed by atoms with van der Waals surface area (Å²) >= 11 is 0. The van der Waals surface area contributed by atoms with E-state index in [4.69, 9.17) is 5.11 Å². The fraction of sp³-hybridized carbons (Fsp3) is 0.917. The number of carboxylic acids is 1. The molecule has 1 fully saturated rings. The minimum Gasteiger partial charge on any atom is -0.481 e. The highest BCUT2D eigenvalue weighted by atomic mass is 16.4. The van der Waals surface area contributed by atoms with E-state index >= 15 is 0 Å². The van der Waals surface area contributed by atoms with Crippen LogP contribution < -0.4 is 5.32 Å². The Bertz CT molecular complexity index is 224. The van der Waals surface area contributed by atoms with Gasteiger partial charge in [-0.05, 0) is 12.8 Å². The quantitative estimate of drug-likeness (QED) is 0.641. The number of aliphatic hydroxyl groups is 1. The van der Waals surface area contributed by atoms with Crippen molar-refractivity contribution in [3.8, 4) is 0 Å². The summed E-state index contributed by atoms with van der Waals surface area (Å²) in [4.78, 5) is 10.6. The lowest BCUT2D eigenvalue weighted by molar-refractivity contribution is -0.141. The van der Waals surface area contributed by atoms with Gasteiger partial charge >= 0.3 is 5.97 Å². The fourth-order valence-corrected chi connectivity index (χ4v) is 2.33. The molecule has 94 valence electrons.